The molecule has 0 amide bonds. The van der Waals surface area contributed by atoms with E-state index in [-0.39, 0.29) is 6.10 Å². The van der Waals surface area contributed by atoms with E-state index in [4.69, 9.17) is 0 Å². The van der Waals surface area contributed by atoms with Crippen LogP contribution in [0.25, 0.3) is 0 Å². The third-order valence-electron chi connectivity index (χ3n) is 5.16. The van der Waals surface area contributed by atoms with Crippen molar-refractivity contribution < 1.29 is 5.11 Å². The molecule has 0 aromatic rings. The van der Waals surface area contributed by atoms with Crippen LogP contribution in [0.2, 0.25) is 0 Å². The summed E-state index contributed by atoms with van der Waals surface area (Å²) in [4.78, 5) is 2.56. The Hall–Kier alpha value is -0.0800. The first-order valence-electron chi connectivity index (χ1n) is 7.11. The van der Waals surface area contributed by atoms with Crippen LogP contribution in [-0.2, 0) is 0 Å². The molecule has 0 aromatic heterocycles. The molecule has 2 saturated carbocycles. The fourth-order valence-electron chi connectivity index (χ4n) is 3.88. The van der Waals surface area contributed by atoms with Gasteiger partial charge in [0.2, 0.25) is 0 Å². The average Bonchev–Trinajstić information content (AvgIpc) is 2.17. The molecule has 2 nitrogen and oxygen atoms in total. The van der Waals surface area contributed by atoms with Gasteiger partial charge in [-0.1, -0.05) is 27.7 Å². The van der Waals surface area contributed by atoms with Gasteiger partial charge in [-0.2, -0.15) is 0 Å². The Labute approximate surface area is 106 Å². The van der Waals surface area contributed by atoms with Gasteiger partial charge >= 0.3 is 0 Å². The summed E-state index contributed by atoms with van der Waals surface area (Å²) in [7, 11) is 2.27. The summed E-state index contributed by atoms with van der Waals surface area (Å²) < 4.78 is 0. The molecule has 2 fully saturated rings. The van der Waals surface area contributed by atoms with Crippen molar-refractivity contribution in [1.82, 2.24) is 4.90 Å². The quantitative estimate of drug-likeness (QED) is 0.800. The molecule has 2 aliphatic rings. The van der Waals surface area contributed by atoms with Crippen molar-refractivity contribution in [3.8, 4) is 0 Å². The van der Waals surface area contributed by atoms with Crippen molar-refractivity contribution in [3.05, 3.63) is 0 Å². The summed E-state index contributed by atoms with van der Waals surface area (Å²) in [6.07, 6.45) is 5.63. The molecule has 100 valence electrons. The molecule has 0 aromatic carbocycles. The van der Waals surface area contributed by atoms with Crippen molar-refractivity contribution in [2.24, 2.45) is 10.8 Å². The number of hydrogen-bond acceptors (Lipinski definition) is 2. The SMILES string of the molecule is CN(C1CC(C)(C)C1)C1CC(O)CCC1(C)C. The minimum Gasteiger partial charge on any atom is -0.393 e. The lowest BCUT2D eigenvalue weighted by atomic mass is 9.65. The molecule has 2 heteroatoms. The van der Waals surface area contributed by atoms with Crippen molar-refractivity contribution in [1.29, 1.82) is 0 Å². The van der Waals surface area contributed by atoms with E-state index in [0.717, 1.165) is 25.3 Å². The number of aliphatic hydroxyl groups excluding tert-OH is 1. The Morgan fingerprint density at radius 2 is 1.71 bits per heavy atom. The minimum atomic E-state index is -0.0800. The smallest absolute Gasteiger partial charge is 0.0555 e. The second-order valence-corrected chi connectivity index (χ2v) is 7.82. The summed E-state index contributed by atoms with van der Waals surface area (Å²) in [5.74, 6) is 0. The van der Waals surface area contributed by atoms with Gasteiger partial charge in [0.1, 0.15) is 0 Å². The van der Waals surface area contributed by atoms with Gasteiger partial charge in [-0.15, -0.1) is 0 Å². The van der Waals surface area contributed by atoms with Crippen molar-refractivity contribution in [3.63, 3.8) is 0 Å². The van der Waals surface area contributed by atoms with Crippen LogP contribution in [0.1, 0.15) is 59.8 Å². The lowest BCUT2D eigenvalue weighted by Gasteiger charge is -2.54. The van der Waals surface area contributed by atoms with Gasteiger partial charge in [0, 0.05) is 12.1 Å². The van der Waals surface area contributed by atoms with Crippen LogP contribution in [-0.4, -0.2) is 35.2 Å². The number of hydrogen-bond donors (Lipinski definition) is 1. The topological polar surface area (TPSA) is 23.5 Å². The maximum Gasteiger partial charge on any atom is 0.0555 e. The van der Waals surface area contributed by atoms with Crippen molar-refractivity contribution in [2.45, 2.75) is 78.0 Å². The largest absolute Gasteiger partial charge is 0.393 e. The first kappa shape index (κ1) is 13.4. The number of nitrogens with zero attached hydrogens (tertiary/aromatic N) is 1. The first-order valence-corrected chi connectivity index (χ1v) is 7.11. The van der Waals surface area contributed by atoms with Gasteiger partial charge in [0.25, 0.3) is 0 Å². The number of aliphatic hydroxyl groups is 1. The highest BCUT2D eigenvalue weighted by Gasteiger charge is 2.45. The van der Waals surface area contributed by atoms with E-state index < -0.39 is 0 Å². The van der Waals surface area contributed by atoms with Crippen LogP contribution in [0.15, 0.2) is 0 Å². The maximum absolute atomic E-state index is 9.91. The van der Waals surface area contributed by atoms with Gasteiger partial charge in [0.15, 0.2) is 0 Å². The van der Waals surface area contributed by atoms with E-state index in [1.807, 2.05) is 0 Å². The Bertz CT molecular complexity index is 277. The lowest BCUT2D eigenvalue weighted by Crippen LogP contribution is -2.56. The van der Waals surface area contributed by atoms with Gasteiger partial charge in [-0.25, -0.2) is 0 Å². The lowest BCUT2D eigenvalue weighted by molar-refractivity contribution is -0.0586. The summed E-state index contributed by atoms with van der Waals surface area (Å²) in [5, 5.41) is 9.91. The predicted molar refractivity (Wildman–Crippen MR) is 72.0 cm³/mol. The van der Waals surface area contributed by atoms with Gasteiger partial charge < -0.3 is 5.11 Å². The van der Waals surface area contributed by atoms with E-state index in [9.17, 15) is 5.11 Å². The van der Waals surface area contributed by atoms with Crippen LogP contribution in [0.4, 0.5) is 0 Å². The average molecular weight is 239 g/mol. The van der Waals surface area contributed by atoms with Crippen LogP contribution in [0.5, 0.6) is 0 Å². The summed E-state index contributed by atoms with van der Waals surface area (Å²) in [6.45, 7) is 9.45. The van der Waals surface area contributed by atoms with E-state index in [2.05, 4.69) is 39.6 Å². The summed E-state index contributed by atoms with van der Waals surface area (Å²) in [5.41, 5.74) is 0.893. The highest BCUT2D eigenvalue weighted by Crippen LogP contribution is 2.46. The second-order valence-electron chi connectivity index (χ2n) is 7.82. The van der Waals surface area contributed by atoms with Crippen molar-refractivity contribution in [2.75, 3.05) is 7.05 Å². The molecule has 0 saturated heterocycles. The van der Waals surface area contributed by atoms with Crippen LogP contribution in [0, 0.1) is 10.8 Å². The van der Waals surface area contributed by atoms with Crippen LogP contribution < -0.4 is 0 Å². The molecule has 1 N–H and O–H groups in total. The fraction of sp³-hybridized carbons (Fsp3) is 1.00. The summed E-state index contributed by atoms with van der Waals surface area (Å²) >= 11 is 0. The maximum atomic E-state index is 9.91. The predicted octanol–water partition coefficient (Wildman–Crippen LogP) is 3.05. The molecule has 2 aliphatic carbocycles. The molecule has 0 aliphatic heterocycles. The molecule has 0 heterocycles. The third-order valence-corrected chi connectivity index (χ3v) is 5.16. The molecule has 2 rings (SSSR count). The monoisotopic (exact) mass is 239 g/mol. The normalized spacial score (nSPS) is 36.9. The zero-order chi connectivity index (χ0) is 12.8. The molecule has 17 heavy (non-hydrogen) atoms. The van der Waals surface area contributed by atoms with Gasteiger partial charge in [-0.05, 0) is 50.0 Å². The van der Waals surface area contributed by atoms with Crippen molar-refractivity contribution >= 4 is 0 Å². The van der Waals surface area contributed by atoms with Crippen LogP contribution >= 0.6 is 0 Å². The highest BCUT2D eigenvalue weighted by atomic mass is 16.3. The van der Waals surface area contributed by atoms with E-state index >= 15 is 0 Å². The zero-order valence-electron chi connectivity index (χ0n) is 12.2. The van der Waals surface area contributed by atoms with E-state index in [0.29, 0.717) is 16.9 Å². The molecule has 2 unspecified atom stereocenters. The Kier molecular flexibility index (Phi) is 3.33. The molecule has 0 spiro atoms. The van der Waals surface area contributed by atoms with Gasteiger partial charge in [-0.3, -0.25) is 4.90 Å². The molecular formula is C15H29NO. The Morgan fingerprint density at radius 1 is 1.12 bits per heavy atom. The minimum absolute atomic E-state index is 0.0800. The second kappa shape index (κ2) is 4.24. The number of rotatable bonds is 2. The van der Waals surface area contributed by atoms with Crippen LogP contribution in [0.3, 0.4) is 0 Å². The van der Waals surface area contributed by atoms with E-state index in [1.54, 1.807) is 0 Å². The Balaban J connectivity index is 2.00. The first-order chi connectivity index (χ1) is 7.71. The molecular weight excluding hydrogens is 210 g/mol. The van der Waals surface area contributed by atoms with E-state index in [1.165, 1.54) is 12.8 Å². The summed E-state index contributed by atoms with van der Waals surface area (Å²) in [6, 6.07) is 1.28. The molecule has 0 radical (unpaired) electrons. The third kappa shape index (κ3) is 2.68. The Morgan fingerprint density at radius 3 is 2.24 bits per heavy atom. The fourth-order valence-corrected chi connectivity index (χ4v) is 3.88. The van der Waals surface area contributed by atoms with Gasteiger partial charge in [0.05, 0.1) is 6.10 Å². The molecule has 2 atom stereocenters. The standard InChI is InChI=1S/C15H29NO/c1-14(2)9-11(10-14)16(5)13-8-12(17)6-7-15(13,3)4/h11-13,17H,6-10H2,1-5H3. The molecule has 0 bridgehead atoms. The highest BCUT2D eigenvalue weighted by molar-refractivity contribution is 4.99. The zero-order valence-corrected chi connectivity index (χ0v) is 12.2.